The van der Waals surface area contributed by atoms with Crippen LogP contribution in [-0.4, -0.2) is 45.4 Å². The Hall–Kier alpha value is -1.43. The highest BCUT2D eigenvalue weighted by Gasteiger charge is 2.16. The summed E-state index contributed by atoms with van der Waals surface area (Å²) in [6, 6.07) is 0. The molecule has 1 aromatic heterocycles. The summed E-state index contributed by atoms with van der Waals surface area (Å²) in [5, 5.41) is 7.74. The number of rotatable bonds is 7. The van der Waals surface area contributed by atoms with Gasteiger partial charge in [-0.15, -0.1) is 5.10 Å². The Morgan fingerprint density at radius 3 is 2.88 bits per heavy atom. The smallest absolute Gasteiger partial charge is 0.276 e. The summed E-state index contributed by atoms with van der Waals surface area (Å²) in [6.07, 6.45) is 3.74. The van der Waals surface area contributed by atoms with Crippen LogP contribution in [-0.2, 0) is 6.54 Å². The van der Waals surface area contributed by atoms with Crippen LogP contribution in [0.1, 0.15) is 37.2 Å². The van der Waals surface area contributed by atoms with Crippen molar-refractivity contribution in [3.05, 3.63) is 11.9 Å². The molecule has 6 nitrogen and oxygen atoms in total. The largest absolute Gasteiger partial charge is 0.337 e. The van der Waals surface area contributed by atoms with Crippen molar-refractivity contribution < 1.29 is 4.79 Å². The van der Waals surface area contributed by atoms with Gasteiger partial charge in [-0.2, -0.15) is 0 Å². The van der Waals surface area contributed by atoms with Crippen LogP contribution in [0.15, 0.2) is 6.20 Å². The molecule has 0 saturated heterocycles. The van der Waals surface area contributed by atoms with Gasteiger partial charge in [0.15, 0.2) is 5.69 Å². The Bertz CT molecular complexity index is 349. The lowest BCUT2D eigenvalue weighted by Crippen LogP contribution is -2.32. The zero-order valence-electron chi connectivity index (χ0n) is 10.6. The normalized spacial score (nSPS) is 10.5. The van der Waals surface area contributed by atoms with Crippen LogP contribution in [0.2, 0.25) is 0 Å². The van der Waals surface area contributed by atoms with E-state index in [4.69, 9.17) is 5.73 Å². The minimum atomic E-state index is -0.0516. The van der Waals surface area contributed by atoms with Gasteiger partial charge in [0.2, 0.25) is 0 Å². The van der Waals surface area contributed by atoms with Crippen LogP contribution < -0.4 is 5.73 Å². The quantitative estimate of drug-likeness (QED) is 0.751. The lowest BCUT2D eigenvalue weighted by Gasteiger charge is -2.18. The summed E-state index contributed by atoms with van der Waals surface area (Å²) in [4.78, 5) is 13.9. The zero-order valence-corrected chi connectivity index (χ0v) is 10.6. The first-order valence-corrected chi connectivity index (χ1v) is 6.12. The molecule has 1 rings (SSSR count). The predicted octanol–water partition coefficient (Wildman–Crippen LogP) is 0.499. The summed E-state index contributed by atoms with van der Waals surface area (Å²) >= 11 is 0. The van der Waals surface area contributed by atoms with E-state index in [1.165, 1.54) is 0 Å². The molecule has 0 aliphatic rings. The van der Waals surface area contributed by atoms with Crippen molar-refractivity contribution >= 4 is 5.91 Å². The van der Waals surface area contributed by atoms with Crippen molar-refractivity contribution in [2.24, 2.45) is 5.73 Å². The number of hydrogen-bond acceptors (Lipinski definition) is 4. The van der Waals surface area contributed by atoms with Crippen LogP contribution in [0.3, 0.4) is 0 Å². The molecule has 0 unspecified atom stereocenters. The number of carbonyl (C=O) groups is 1. The average molecular weight is 239 g/mol. The van der Waals surface area contributed by atoms with Gasteiger partial charge in [-0.05, 0) is 13.3 Å². The summed E-state index contributed by atoms with van der Waals surface area (Å²) in [6.45, 7) is 6.62. The van der Waals surface area contributed by atoms with Gasteiger partial charge in [0.05, 0.1) is 12.7 Å². The molecule has 96 valence electrons. The van der Waals surface area contributed by atoms with Gasteiger partial charge >= 0.3 is 0 Å². The minimum absolute atomic E-state index is 0.0516. The highest BCUT2D eigenvalue weighted by Crippen LogP contribution is 2.03. The van der Waals surface area contributed by atoms with E-state index in [1.807, 2.05) is 6.92 Å². The Morgan fingerprint density at radius 1 is 1.53 bits per heavy atom. The molecule has 1 heterocycles. The van der Waals surface area contributed by atoms with E-state index >= 15 is 0 Å². The van der Waals surface area contributed by atoms with E-state index < -0.39 is 0 Å². The second-order valence-corrected chi connectivity index (χ2v) is 3.89. The fourth-order valence-corrected chi connectivity index (χ4v) is 1.55. The van der Waals surface area contributed by atoms with Gasteiger partial charge in [-0.3, -0.25) is 9.48 Å². The van der Waals surface area contributed by atoms with Crippen molar-refractivity contribution in [3.63, 3.8) is 0 Å². The minimum Gasteiger partial charge on any atom is -0.337 e. The highest BCUT2D eigenvalue weighted by molar-refractivity contribution is 5.91. The molecule has 0 fully saturated rings. The molecule has 0 bridgehead atoms. The van der Waals surface area contributed by atoms with E-state index in [2.05, 4.69) is 17.2 Å². The second kappa shape index (κ2) is 7.01. The summed E-state index contributed by atoms with van der Waals surface area (Å²) in [5.74, 6) is -0.0516. The van der Waals surface area contributed by atoms with E-state index in [1.54, 1.807) is 15.8 Å². The maximum Gasteiger partial charge on any atom is 0.276 e. The number of amides is 1. The molecule has 0 aliphatic heterocycles. The SMILES string of the molecule is CCCCN(CC)C(=O)c1cn(CCN)nn1. The molecule has 0 atom stereocenters. The van der Waals surface area contributed by atoms with Crippen LogP contribution in [0, 0.1) is 0 Å². The molecule has 17 heavy (non-hydrogen) atoms. The second-order valence-electron chi connectivity index (χ2n) is 3.89. The van der Waals surface area contributed by atoms with Gasteiger partial charge in [0, 0.05) is 19.6 Å². The van der Waals surface area contributed by atoms with E-state index in [0.717, 1.165) is 19.4 Å². The van der Waals surface area contributed by atoms with Crippen molar-refractivity contribution in [2.75, 3.05) is 19.6 Å². The number of hydrogen-bond donors (Lipinski definition) is 1. The highest BCUT2D eigenvalue weighted by atomic mass is 16.2. The first kappa shape index (κ1) is 13.6. The molecule has 1 aromatic rings. The number of nitrogens with two attached hydrogens (primary N) is 1. The monoisotopic (exact) mass is 239 g/mol. The van der Waals surface area contributed by atoms with Crippen molar-refractivity contribution in [2.45, 2.75) is 33.2 Å². The van der Waals surface area contributed by atoms with Crippen molar-refractivity contribution in [3.8, 4) is 0 Å². The summed E-state index contributed by atoms with van der Waals surface area (Å²) < 4.78 is 1.60. The molecule has 0 radical (unpaired) electrons. The number of carbonyl (C=O) groups excluding carboxylic acids is 1. The zero-order chi connectivity index (χ0) is 12.7. The molecule has 0 spiro atoms. The number of nitrogens with zero attached hydrogens (tertiary/aromatic N) is 4. The van der Waals surface area contributed by atoms with Crippen molar-refractivity contribution in [1.82, 2.24) is 19.9 Å². The van der Waals surface area contributed by atoms with Crippen LogP contribution >= 0.6 is 0 Å². The average Bonchev–Trinajstić information content (AvgIpc) is 2.79. The summed E-state index contributed by atoms with van der Waals surface area (Å²) in [7, 11) is 0. The van der Waals surface area contributed by atoms with Crippen LogP contribution in [0.25, 0.3) is 0 Å². The van der Waals surface area contributed by atoms with E-state index in [9.17, 15) is 4.79 Å². The predicted molar refractivity (Wildman–Crippen MR) is 65.6 cm³/mol. The maximum atomic E-state index is 12.1. The number of aromatic nitrogens is 3. The molecule has 0 aromatic carbocycles. The standard InChI is InChI=1S/C11H21N5O/c1-3-5-7-15(4-2)11(17)10-9-16(8-6-12)14-13-10/h9H,3-8,12H2,1-2H3. The third-order valence-corrected chi connectivity index (χ3v) is 2.57. The fraction of sp³-hybridized carbons (Fsp3) is 0.727. The Balaban J connectivity index is 2.65. The third-order valence-electron chi connectivity index (χ3n) is 2.57. The first-order chi connectivity index (χ1) is 8.22. The van der Waals surface area contributed by atoms with Gasteiger partial charge in [0.1, 0.15) is 0 Å². The van der Waals surface area contributed by atoms with E-state index in [0.29, 0.717) is 25.3 Å². The molecular formula is C11H21N5O. The fourth-order valence-electron chi connectivity index (χ4n) is 1.55. The van der Waals surface area contributed by atoms with E-state index in [-0.39, 0.29) is 5.91 Å². The number of unbranched alkanes of at least 4 members (excludes halogenated alkanes) is 1. The van der Waals surface area contributed by atoms with Gasteiger partial charge in [-0.1, -0.05) is 18.6 Å². The molecule has 1 amide bonds. The molecule has 2 N–H and O–H groups in total. The van der Waals surface area contributed by atoms with Crippen LogP contribution in [0.5, 0.6) is 0 Å². The molecule has 0 aliphatic carbocycles. The molecule has 6 heteroatoms. The van der Waals surface area contributed by atoms with Crippen molar-refractivity contribution in [1.29, 1.82) is 0 Å². The lowest BCUT2D eigenvalue weighted by molar-refractivity contribution is 0.0756. The lowest BCUT2D eigenvalue weighted by atomic mass is 10.3. The van der Waals surface area contributed by atoms with Crippen LogP contribution in [0.4, 0.5) is 0 Å². The van der Waals surface area contributed by atoms with Gasteiger partial charge in [-0.25, -0.2) is 0 Å². The van der Waals surface area contributed by atoms with Gasteiger partial charge in [0.25, 0.3) is 5.91 Å². The first-order valence-electron chi connectivity index (χ1n) is 6.12. The Labute approximate surface area is 102 Å². The summed E-state index contributed by atoms with van der Waals surface area (Å²) in [5.41, 5.74) is 5.81. The molecule has 0 saturated carbocycles. The maximum absolute atomic E-state index is 12.1. The third kappa shape index (κ3) is 3.81. The topological polar surface area (TPSA) is 77.0 Å². The van der Waals surface area contributed by atoms with Gasteiger partial charge < -0.3 is 10.6 Å². The Morgan fingerprint density at radius 2 is 2.29 bits per heavy atom. The Kier molecular flexibility index (Phi) is 5.62. The molecular weight excluding hydrogens is 218 g/mol.